The van der Waals surface area contributed by atoms with Crippen LogP contribution in [0.2, 0.25) is 0 Å². The molecule has 5 nitrogen and oxygen atoms in total. The third-order valence-electron chi connectivity index (χ3n) is 3.72. The Balaban J connectivity index is 2.68. The molecule has 1 rings (SSSR count). The topological polar surface area (TPSA) is 92.4 Å². The summed E-state index contributed by atoms with van der Waals surface area (Å²) >= 11 is 0. The lowest BCUT2D eigenvalue weighted by Crippen LogP contribution is -2.57. The minimum Gasteiger partial charge on any atom is -0.480 e. The number of carboxylic acid groups (broad SMARTS) is 1. The van der Waals surface area contributed by atoms with Crippen LogP contribution in [0, 0.1) is 11.8 Å². The maximum Gasteiger partial charge on any atom is 0.329 e. The van der Waals surface area contributed by atoms with Gasteiger partial charge in [-0.25, -0.2) is 4.79 Å². The van der Waals surface area contributed by atoms with Crippen molar-refractivity contribution in [1.82, 2.24) is 5.32 Å². The van der Waals surface area contributed by atoms with Gasteiger partial charge < -0.3 is 16.2 Å². The molecule has 104 valence electrons. The fraction of sp³-hybridized carbons (Fsp3) is 0.846. The molecule has 0 aliphatic heterocycles. The lowest BCUT2D eigenvalue weighted by atomic mass is 9.76. The normalized spacial score (nSPS) is 29.6. The first kappa shape index (κ1) is 15.0. The van der Waals surface area contributed by atoms with Crippen LogP contribution < -0.4 is 11.1 Å². The van der Waals surface area contributed by atoms with E-state index in [2.05, 4.69) is 5.32 Å². The molecule has 0 aromatic carbocycles. The predicted octanol–water partition coefficient (Wildman–Crippen LogP) is 1.12. The smallest absolute Gasteiger partial charge is 0.329 e. The van der Waals surface area contributed by atoms with Gasteiger partial charge in [0.1, 0.15) is 5.54 Å². The molecule has 0 bridgehead atoms. The van der Waals surface area contributed by atoms with Gasteiger partial charge in [0.25, 0.3) is 0 Å². The minimum absolute atomic E-state index is 0.0804. The molecule has 5 heteroatoms. The summed E-state index contributed by atoms with van der Waals surface area (Å²) < 4.78 is 0. The molecule has 0 spiro atoms. The SMILES string of the molecule is CC(CN)CC(=O)NC1(C(=O)O)CCCC(C)C1. The van der Waals surface area contributed by atoms with Gasteiger partial charge in [0.15, 0.2) is 0 Å². The van der Waals surface area contributed by atoms with Crippen LogP contribution in [0.4, 0.5) is 0 Å². The molecule has 1 aliphatic rings. The highest BCUT2D eigenvalue weighted by Crippen LogP contribution is 2.32. The lowest BCUT2D eigenvalue weighted by Gasteiger charge is -2.37. The van der Waals surface area contributed by atoms with E-state index in [0.29, 0.717) is 31.7 Å². The van der Waals surface area contributed by atoms with Crippen molar-refractivity contribution < 1.29 is 14.7 Å². The summed E-state index contributed by atoms with van der Waals surface area (Å²) in [7, 11) is 0. The fourth-order valence-electron chi connectivity index (χ4n) is 2.63. The number of aliphatic carboxylic acids is 1. The minimum atomic E-state index is -1.07. The number of nitrogens with two attached hydrogens (primary N) is 1. The summed E-state index contributed by atoms with van der Waals surface area (Å²) in [5.41, 5.74) is 4.41. The molecule has 0 radical (unpaired) electrons. The first-order chi connectivity index (χ1) is 8.39. The molecule has 0 heterocycles. The maximum absolute atomic E-state index is 11.9. The molecule has 1 saturated carbocycles. The van der Waals surface area contributed by atoms with E-state index in [1.165, 1.54) is 0 Å². The highest BCUT2D eigenvalue weighted by atomic mass is 16.4. The van der Waals surface area contributed by atoms with E-state index in [0.717, 1.165) is 12.8 Å². The number of hydrogen-bond donors (Lipinski definition) is 3. The van der Waals surface area contributed by atoms with Crippen molar-refractivity contribution in [2.24, 2.45) is 17.6 Å². The summed E-state index contributed by atoms with van der Waals surface area (Å²) in [6, 6.07) is 0. The van der Waals surface area contributed by atoms with Crippen LogP contribution in [0.25, 0.3) is 0 Å². The summed E-state index contributed by atoms with van der Waals surface area (Å²) in [6.45, 7) is 4.35. The quantitative estimate of drug-likeness (QED) is 0.687. The molecule has 0 aromatic rings. The van der Waals surface area contributed by atoms with Gasteiger partial charge in [0, 0.05) is 6.42 Å². The van der Waals surface area contributed by atoms with E-state index in [-0.39, 0.29) is 11.8 Å². The highest BCUT2D eigenvalue weighted by molar-refractivity contribution is 5.87. The number of hydrogen-bond acceptors (Lipinski definition) is 3. The molecular formula is C13H24N2O3. The number of amides is 1. The van der Waals surface area contributed by atoms with Gasteiger partial charge in [-0.15, -0.1) is 0 Å². The van der Waals surface area contributed by atoms with Gasteiger partial charge in [-0.1, -0.05) is 26.7 Å². The Bertz CT molecular complexity index is 319. The van der Waals surface area contributed by atoms with Crippen molar-refractivity contribution in [3.63, 3.8) is 0 Å². The van der Waals surface area contributed by atoms with Crippen molar-refractivity contribution in [1.29, 1.82) is 0 Å². The zero-order valence-corrected chi connectivity index (χ0v) is 11.2. The Kier molecular flexibility index (Phi) is 5.14. The van der Waals surface area contributed by atoms with E-state index >= 15 is 0 Å². The zero-order valence-electron chi connectivity index (χ0n) is 11.2. The molecule has 0 aromatic heterocycles. The van der Waals surface area contributed by atoms with E-state index in [9.17, 15) is 14.7 Å². The van der Waals surface area contributed by atoms with E-state index in [1.807, 2.05) is 13.8 Å². The van der Waals surface area contributed by atoms with E-state index < -0.39 is 11.5 Å². The zero-order chi connectivity index (χ0) is 13.8. The summed E-state index contributed by atoms with van der Waals surface area (Å²) in [6.07, 6.45) is 3.21. The van der Waals surface area contributed by atoms with Crippen molar-refractivity contribution in [3.05, 3.63) is 0 Å². The Morgan fingerprint density at radius 3 is 2.72 bits per heavy atom. The van der Waals surface area contributed by atoms with Crippen LogP contribution in [-0.2, 0) is 9.59 Å². The molecular weight excluding hydrogens is 232 g/mol. The number of carbonyl (C=O) groups is 2. The standard InChI is InChI=1S/C13H24N2O3/c1-9-4-3-5-13(7-9,12(17)18)15-11(16)6-10(2)8-14/h9-10H,3-8,14H2,1-2H3,(H,15,16)(H,17,18). The fourth-order valence-corrected chi connectivity index (χ4v) is 2.63. The van der Waals surface area contributed by atoms with Crippen LogP contribution in [0.5, 0.6) is 0 Å². The van der Waals surface area contributed by atoms with E-state index in [4.69, 9.17) is 5.73 Å². The van der Waals surface area contributed by atoms with Crippen molar-refractivity contribution in [2.75, 3.05) is 6.54 Å². The second-order valence-corrected chi connectivity index (χ2v) is 5.68. The monoisotopic (exact) mass is 256 g/mol. The molecule has 0 saturated heterocycles. The van der Waals surface area contributed by atoms with Gasteiger partial charge in [-0.2, -0.15) is 0 Å². The Labute approximate surface area is 108 Å². The number of carbonyl (C=O) groups excluding carboxylic acids is 1. The van der Waals surface area contributed by atoms with Crippen molar-refractivity contribution >= 4 is 11.9 Å². The van der Waals surface area contributed by atoms with Crippen molar-refractivity contribution in [3.8, 4) is 0 Å². The van der Waals surface area contributed by atoms with Crippen molar-refractivity contribution in [2.45, 2.75) is 51.5 Å². The van der Waals surface area contributed by atoms with Gasteiger partial charge in [0.05, 0.1) is 0 Å². The van der Waals surface area contributed by atoms with Crippen LogP contribution in [0.15, 0.2) is 0 Å². The summed E-state index contributed by atoms with van der Waals surface area (Å²) in [5.74, 6) is -0.703. The Morgan fingerprint density at radius 1 is 1.56 bits per heavy atom. The molecule has 1 fully saturated rings. The Morgan fingerprint density at radius 2 is 2.22 bits per heavy atom. The highest BCUT2D eigenvalue weighted by Gasteiger charge is 2.43. The van der Waals surface area contributed by atoms with Crippen LogP contribution >= 0.6 is 0 Å². The first-order valence-electron chi connectivity index (χ1n) is 6.64. The third kappa shape index (κ3) is 3.70. The van der Waals surface area contributed by atoms with Gasteiger partial charge in [-0.3, -0.25) is 4.79 Å². The predicted molar refractivity (Wildman–Crippen MR) is 69.0 cm³/mol. The van der Waals surface area contributed by atoms with Crippen LogP contribution in [0.3, 0.4) is 0 Å². The maximum atomic E-state index is 11.9. The molecule has 1 amide bonds. The summed E-state index contributed by atoms with van der Waals surface area (Å²) in [4.78, 5) is 23.3. The first-order valence-corrected chi connectivity index (χ1v) is 6.64. The number of nitrogens with one attached hydrogen (secondary N) is 1. The third-order valence-corrected chi connectivity index (χ3v) is 3.72. The second kappa shape index (κ2) is 6.18. The summed E-state index contributed by atoms with van der Waals surface area (Å²) in [5, 5.41) is 12.1. The van der Waals surface area contributed by atoms with Gasteiger partial charge in [-0.05, 0) is 31.2 Å². The second-order valence-electron chi connectivity index (χ2n) is 5.68. The number of rotatable bonds is 5. The average Bonchev–Trinajstić information content (AvgIpc) is 2.28. The molecule has 18 heavy (non-hydrogen) atoms. The molecule has 4 N–H and O–H groups in total. The van der Waals surface area contributed by atoms with Gasteiger partial charge in [0.2, 0.25) is 5.91 Å². The molecule has 1 aliphatic carbocycles. The van der Waals surface area contributed by atoms with Crippen LogP contribution in [0.1, 0.15) is 46.0 Å². The lowest BCUT2D eigenvalue weighted by molar-refractivity contribution is -0.150. The largest absolute Gasteiger partial charge is 0.480 e. The molecule has 3 atom stereocenters. The van der Waals surface area contributed by atoms with Crippen LogP contribution in [-0.4, -0.2) is 29.1 Å². The molecule has 3 unspecified atom stereocenters. The van der Waals surface area contributed by atoms with E-state index in [1.54, 1.807) is 0 Å². The average molecular weight is 256 g/mol. The van der Waals surface area contributed by atoms with Gasteiger partial charge >= 0.3 is 5.97 Å². The Hall–Kier alpha value is -1.10. The number of carboxylic acids is 1.